The van der Waals surface area contributed by atoms with Crippen LogP contribution >= 0.6 is 0 Å². The summed E-state index contributed by atoms with van der Waals surface area (Å²) in [7, 11) is 3.18. The van der Waals surface area contributed by atoms with E-state index in [0.29, 0.717) is 12.4 Å². The van der Waals surface area contributed by atoms with Crippen molar-refractivity contribution in [3.8, 4) is 0 Å². The number of carboxylic acids is 1. The number of aliphatic carboxylic acids is 1. The highest BCUT2D eigenvalue weighted by atomic mass is 16.4. The molecule has 0 atom stereocenters. The van der Waals surface area contributed by atoms with E-state index in [1.54, 1.807) is 11.6 Å². The predicted octanol–water partition coefficient (Wildman–Crippen LogP) is 0.0156. The van der Waals surface area contributed by atoms with E-state index in [1.807, 2.05) is 13.8 Å². The number of carboxylic acid groups (broad SMARTS) is 1. The average molecular weight is 309 g/mol. The van der Waals surface area contributed by atoms with Crippen LogP contribution in [-0.4, -0.2) is 35.7 Å². The van der Waals surface area contributed by atoms with E-state index >= 15 is 0 Å². The molecule has 2 heterocycles. The molecule has 2 rings (SSSR count). The van der Waals surface area contributed by atoms with Crippen molar-refractivity contribution < 1.29 is 9.90 Å². The Morgan fingerprint density at radius 3 is 2.55 bits per heavy atom. The third-order valence-corrected chi connectivity index (χ3v) is 3.55. The zero-order chi connectivity index (χ0) is 16.7. The molecule has 0 spiro atoms. The van der Waals surface area contributed by atoms with Gasteiger partial charge in [-0.2, -0.15) is 4.98 Å². The number of H-pyrrole nitrogens is 1. The first-order chi connectivity index (χ1) is 10.1. The van der Waals surface area contributed by atoms with E-state index in [9.17, 15) is 14.4 Å². The van der Waals surface area contributed by atoms with Crippen LogP contribution < -0.4 is 16.6 Å². The molecular weight excluding hydrogens is 290 g/mol. The Hall–Kier alpha value is -2.58. The molecule has 0 saturated carbocycles. The number of aromatic nitrogens is 4. The van der Waals surface area contributed by atoms with Gasteiger partial charge in [-0.05, 0) is 20.3 Å². The summed E-state index contributed by atoms with van der Waals surface area (Å²) in [5, 5.41) is 11.9. The molecule has 0 aromatic carbocycles. The van der Waals surface area contributed by atoms with Gasteiger partial charge >= 0.3 is 11.7 Å². The Labute approximate surface area is 125 Å². The number of hydrogen-bond acceptors (Lipinski definition) is 5. The maximum Gasteiger partial charge on any atom is 0.329 e. The van der Waals surface area contributed by atoms with Crippen LogP contribution in [0.3, 0.4) is 0 Å². The van der Waals surface area contributed by atoms with E-state index < -0.39 is 22.8 Å². The number of aryl methyl sites for hydroxylation is 2. The van der Waals surface area contributed by atoms with Crippen LogP contribution in [0.25, 0.3) is 11.2 Å². The van der Waals surface area contributed by atoms with E-state index in [0.717, 1.165) is 0 Å². The third kappa shape index (κ3) is 2.87. The summed E-state index contributed by atoms with van der Waals surface area (Å²) >= 11 is 0. The van der Waals surface area contributed by atoms with Crippen molar-refractivity contribution >= 4 is 23.1 Å². The molecule has 0 aliphatic rings. The number of fused-ring (bicyclic) bond motifs is 1. The number of anilines is 1. The lowest BCUT2D eigenvalue weighted by atomic mass is 9.99. The van der Waals surface area contributed by atoms with Gasteiger partial charge in [0.1, 0.15) is 0 Å². The summed E-state index contributed by atoms with van der Waals surface area (Å²) < 4.78 is 2.81. The standard InChI is InChI=1S/C13H19N5O4/c1-13(2,6-5-7(19)20)16-11-14-9-8(17(11)3)10(21)15-12(22)18(9)4/h5-6H2,1-4H3,(H,14,16)(H,19,20)(H,15,21,22). The third-order valence-electron chi connectivity index (χ3n) is 3.55. The normalized spacial score (nSPS) is 11.8. The zero-order valence-electron chi connectivity index (χ0n) is 12.9. The summed E-state index contributed by atoms with van der Waals surface area (Å²) in [6, 6.07) is 0. The van der Waals surface area contributed by atoms with Crippen LogP contribution in [0.4, 0.5) is 5.95 Å². The molecule has 0 radical (unpaired) electrons. The van der Waals surface area contributed by atoms with E-state index in [2.05, 4.69) is 15.3 Å². The van der Waals surface area contributed by atoms with Gasteiger partial charge in [0.15, 0.2) is 11.2 Å². The van der Waals surface area contributed by atoms with Gasteiger partial charge < -0.3 is 15.0 Å². The number of carbonyl (C=O) groups is 1. The highest BCUT2D eigenvalue weighted by Gasteiger charge is 2.23. The number of rotatable bonds is 5. The topological polar surface area (TPSA) is 122 Å². The number of nitrogens with zero attached hydrogens (tertiary/aromatic N) is 3. The van der Waals surface area contributed by atoms with Gasteiger partial charge in [-0.3, -0.25) is 19.1 Å². The second-order valence-electron chi connectivity index (χ2n) is 5.89. The highest BCUT2D eigenvalue weighted by molar-refractivity contribution is 5.74. The average Bonchev–Trinajstić information content (AvgIpc) is 2.71. The fourth-order valence-electron chi connectivity index (χ4n) is 2.20. The quantitative estimate of drug-likeness (QED) is 0.715. The first-order valence-corrected chi connectivity index (χ1v) is 6.78. The molecule has 0 aliphatic carbocycles. The molecule has 22 heavy (non-hydrogen) atoms. The maximum atomic E-state index is 11.9. The van der Waals surface area contributed by atoms with Crippen LogP contribution in [0.15, 0.2) is 9.59 Å². The van der Waals surface area contributed by atoms with Crippen LogP contribution in [0.5, 0.6) is 0 Å². The molecule has 0 saturated heterocycles. The second-order valence-corrected chi connectivity index (χ2v) is 5.89. The van der Waals surface area contributed by atoms with Crippen molar-refractivity contribution in [2.24, 2.45) is 14.1 Å². The number of imidazole rings is 1. The first kappa shape index (κ1) is 15.8. The molecule has 2 aromatic rings. The number of aromatic amines is 1. The second kappa shape index (κ2) is 5.32. The molecule has 0 fully saturated rings. The summed E-state index contributed by atoms with van der Waals surface area (Å²) in [4.78, 5) is 40.8. The maximum absolute atomic E-state index is 11.9. The van der Waals surface area contributed by atoms with Crippen molar-refractivity contribution in [3.63, 3.8) is 0 Å². The Bertz CT molecular complexity index is 842. The summed E-state index contributed by atoms with van der Waals surface area (Å²) in [6.07, 6.45) is 0.407. The molecular formula is C13H19N5O4. The lowest BCUT2D eigenvalue weighted by Crippen LogP contribution is -2.33. The Morgan fingerprint density at radius 2 is 1.95 bits per heavy atom. The minimum atomic E-state index is -0.876. The minimum absolute atomic E-state index is 0.0169. The molecule has 0 amide bonds. The monoisotopic (exact) mass is 309 g/mol. The van der Waals surface area contributed by atoms with Gasteiger partial charge in [-0.15, -0.1) is 0 Å². The molecule has 0 unspecified atom stereocenters. The molecule has 120 valence electrons. The summed E-state index contributed by atoms with van der Waals surface area (Å²) in [6.45, 7) is 3.69. The van der Waals surface area contributed by atoms with E-state index in [1.165, 1.54) is 11.6 Å². The molecule has 9 nitrogen and oxygen atoms in total. The van der Waals surface area contributed by atoms with Gasteiger partial charge in [-0.1, -0.05) is 0 Å². The molecule has 0 bridgehead atoms. The Kier molecular flexibility index (Phi) is 3.82. The Morgan fingerprint density at radius 1 is 1.32 bits per heavy atom. The van der Waals surface area contributed by atoms with Crippen LogP contribution in [0.1, 0.15) is 26.7 Å². The molecule has 0 aliphatic heterocycles. The first-order valence-electron chi connectivity index (χ1n) is 6.78. The highest BCUT2D eigenvalue weighted by Crippen LogP contribution is 2.20. The lowest BCUT2D eigenvalue weighted by Gasteiger charge is -2.26. The van der Waals surface area contributed by atoms with Crippen LogP contribution in [-0.2, 0) is 18.9 Å². The van der Waals surface area contributed by atoms with Gasteiger partial charge in [0.05, 0.1) is 0 Å². The molecule has 3 N–H and O–H groups in total. The lowest BCUT2D eigenvalue weighted by molar-refractivity contribution is -0.137. The van der Waals surface area contributed by atoms with Gasteiger partial charge in [0, 0.05) is 26.1 Å². The van der Waals surface area contributed by atoms with E-state index in [4.69, 9.17) is 5.11 Å². The summed E-state index contributed by atoms with van der Waals surface area (Å²) in [5.74, 6) is -0.476. The van der Waals surface area contributed by atoms with Gasteiger partial charge in [-0.25, -0.2) is 4.79 Å². The zero-order valence-corrected chi connectivity index (χ0v) is 12.9. The van der Waals surface area contributed by atoms with Gasteiger partial charge in [0.2, 0.25) is 5.95 Å². The number of nitrogens with one attached hydrogen (secondary N) is 2. The van der Waals surface area contributed by atoms with E-state index in [-0.39, 0.29) is 17.6 Å². The summed E-state index contributed by atoms with van der Waals surface area (Å²) in [5.41, 5.74) is -1.03. The molecule has 9 heteroatoms. The Balaban J connectivity index is 2.45. The largest absolute Gasteiger partial charge is 0.481 e. The predicted molar refractivity (Wildman–Crippen MR) is 81.1 cm³/mol. The van der Waals surface area contributed by atoms with Crippen molar-refractivity contribution in [1.82, 2.24) is 19.1 Å². The van der Waals surface area contributed by atoms with Crippen molar-refractivity contribution in [3.05, 3.63) is 20.8 Å². The van der Waals surface area contributed by atoms with Gasteiger partial charge in [0.25, 0.3) is 5.56 Å². The van der Waals surface area contributed by atoms with Crippen LogP contribution in [0, 0.1) is 0 Å². The number of hydrogen-bond donors (Lipinski definition) is 3. The SMILES string of the molecule is Cn1c(NC(C)(C)CCC(=O)O)nc2c1c(=O)[nH]c(=O)n2C. The smallest absolute Gasteiger partial charge is 0.329 e. The fourth-order valence-corrected chi connectivity index (χ4v) is 2.20. The van der Waals surface area contributed by atoms with Crippen molar-refractivity contribution in [1.29, 1.82) is 0 Å². The minimum Gasteiger partial charge on any atom is -0.481 e. The van der Waals surface area contributed by atoms with Crippen LogP contribution in [0.2, 0.25) is 0 Å². The van der Waals surface area contributed by atoms with Crippen molar-refractivity contribution in [2.75, 3.05) is 5.32 Å². The van der Waals surface area contributed by atoms with Crippen molar-refractivity contribution in [2.45, 2.75) is 32.2 Å². The molecule has 2 aromatic heterocycles. The fraction of sp³-hybridized carbons (Fsp3) is 0.538.